The molecule has 2 aliphatic rings. The zero-order valence-corrected chi connectivity index (χ0v) is 14.2. The number of carbonyl (C=O) groups is 1. The predicted octanol–water partition coefficient (Wildman–Crippen LogP) is 3.45. The molecule has 2 atom stereocenters. The summed E-state index contributed by atoms with van der Waals surface area (Å²) in [5.41, 5.74) is 3.56. The Morgan fingerprint density at radius 3 is 2.96 bits per heavy atom. The third-order valence-electron chi connectivity index (χ3n) is 5.00. The first kappa shape index (κ1) is 15.1. The second-order valence-corrected chi connectivity index (χ2v) is 6.95. The van der Waals surface area contributed by atoms with Crippen LogP contribution in [0.25, 0.3) is 10.9 Å². The summed E-state index contributed by atoms with van der Waals surface area (Å²) in [6.07, 6.45) is 3.11. The number of benzene rings is 1. The SMILES string of the molecule is CC1CC(=O)C2=C(C1)Nc1nonc1NC2c1ccc2ncccc2c1. The van der Waals surface area contributed by atoms with Gasteiger partial charge in [0.15, 0.2) is 5.78 Å². The van der Waals surface area contributed by atoms with Crippen molar-refractivity contribution in [1.29, 1.82) is 0 Å². The molecule has 3 aromatic rings. The summed E-state index contributed by atoms with van der Waals surface area (Å²) >= 11 is 0. The van der Waals surface area contributed by atoms with Crippen LogP contribution in [0.5, 0.6) is 0 Å². The largest absolute Gasteiger partial charge is 0.353 e. The van der Waals surface area contributed by atoms with E-state index in [1.54, 1.807) is 6.20 Å². The summed E-state index contributed by atoms with van der Waals surface area (Å²) in [6.45, 7) is 2.08. The van der Waals surface area contributed by atoms with Crippen molar-refractivity contribution in [2.45, 2.75) is 25.8 Å². The van der Waals surface area contributed by atoms with Gasteiger partial charge in [-0.25, -0.2) is 4.63 Å². The first-order valence-electron chi connectivity index (χ1n) is 8.66. The number of nitrogens with zero attached hydrogens (tertiary/aromatic N) is 3. The lowest BCUT2D eigenvalue weighted by atomic mass is 9.82. The molecule has 26 heavy (non-hydrogen) atoms. The van der Waals surface area contributed by atoms with Crippen LogP contribution in [0.15, 0.2) is 52.4 Å². The zero-order chi connectivity index (χ0) is 17.7. The number of anilines is 2. The van der Waals surface area contributed by atoms with Crippen molar-refractivity contribution in [3.8, 4) is 0 Å². The quantitative estimate of drug-likeness (QED) is 0.696. The van der Waals surface area contributed by atoms with Crippen LogP contribution in [-0.4, -0.2) is 21.1 Å². The van der Waals surface area contributed by atoms with Gasteiger partial charge in [-0.2, -0.15) is 0 Å². The number of Topliss-reactive ketones (excluding diaryl/α,β-unsaturated/α-hetero) is 1. The standard InChI is InChI=1S/C19H17N5O2/c1-10-7-14-16(15(25)8-10)17(22-19-18(21-14)23-26-24-19)12-4-5-13-11(9-12)3-2-6-20-13/h2-6,9-10,17H,7-8H2,1H3,(H,21,23)(H,22,24). The van der Waals surface area contributed by atoms with Gasteiger partial charge in [0.1, 0.15) is 0 Å². The lowest BCUT2D eigenvalue weighted by Gasteiger charge is -2.27. The molecule has 0 bridgehead atoms. The molecule has 0 spiro atoms. The Hall–Kier alpha value is -3.22. The molecule has 1 aliphatic heterocycles. The van der Waals surface area contributed by atoms with Gasteiger partial charge in [0.05, 0.1) is 11.6 Å². The molecule has 0 radical (unpaired) electrons. The highest BCUT2D eigenvalue weighted by molar-refractivity contribution is 6.00. The first-order chi connectivity index (χ1) is 12.7. The van der Waals surface area contributed by atoms with Crippen LogP contribution in [0.4, 0.5) is 11.6 Å². The van der Waals surface area contributed by atoms with Crippen LogP contribution in [-0.2, 0) is 4.79 Å². The number of allylic oxidation sites excluding steroid dienone is 1. The van der Waals surface area contributed by atoms with Crippen molar-refractivity contribution in [2.24, 2.45) is 5.92 Å². The molecule has 2 N–H and O–H groups in total. The molecule has 130 valence electrons. The van der Waals surface area contributed by atoms with Crippen molar-refractivity contribution in [3.63, 3.8) is 0 Å². The summed E-state index contributed by atoms with van der Waals surface area (Å²) in [4.78, 5) is 17.3. The molecule has 3 heterocycles. The second-order valence-electron chi connectivity index (χ2n) is 6.95. The van der Waals surface area contributed by atoms with E-state index in [1.807, 2.05) is 24.3 Å². The van der Waals surface area contributed by atoms with Crippen molar-refractivity contribution in [3.05, 3.63) is 53.4 Å². The van der Waals surface area contributed by atoms with Crippen LogP contribution in [0.1, 0.15) is 31.4 Å². The van der Waals surface area contributed by atoms with Gasteiger partial charge in [-0.15, -0.1) is 0 Å². The van der Waals surface area contributed by atoms with Gasteiger partial charge in [-0.05, 0) is 46.4 Å². The smallest absolute Gasteiger partial charge is 0.219 e. The van der Waals surface area contributed by atoms with E-state index in [4.69, 9.17) is 4.63 Å². The fraction of sp³-hybridized carbons (Fsp3) is 0.263. The van der Waals surface area contributed by atoms with E-state index < -0.39 is 0 Å². The predicted molar refractivity (Wildman–Crippen MR) is 96.5 cm³/mol. The Bertz CT molecular complexity index is 1050. The number of fused-ring (bicyclic) bond motifs is 2. The third kappa shape index (κ3) is 2.35. The minimum atomic E-state index is -0.310. The minimum absolute atomic E-state index is 0.150. The molecule has 7 heteroatoms. The average Bonchev–Trinajstić information content (AvgIpc) is 3.00. The Balaban J connectivity index is 1.68. The van der Waals surface area contributed by atoms with E-state index in [1.165, 1.54) is 0 Å². The van der Waals surface area contributed by atoms with E-state index in [0.29, 0.717) is 18.1 Å². The molecule has 5 rings (SSSR count). The monoisotopic (exact) mass is 347 g/mol. The van der Waals surface area contributed by atoms with E-state index in [2.05, 4.69) is 38.9 Å². The summed E-state index contributed by atoms with van der Waals surface area (Å²) in [6, 6.07) is 9.66. The van der Waals surface area contributed by atoms with Gasteiger partial charge < -0.3 is 10.6 Å². The molecule has 0 amide bonds. The van der Waals surface area contributed by atoms with Crippen LogP contribution >= 0.6 is 0 Å². The van der Waals surface area contributed by atoms with Crippen LogP contribution in [0.3, 0.4) is 0 Å². The average molecular weight is 347 g/mol. The second kappa shape index (κ2) is 5.66. The third-order valence-corrected chi connectivity index (χ3v) is 5.00. The van der Waals surface area contributed by atoms with E-state index in [0.717, 1.165) is 34.2 Å². The maximum atomic E-state index is 12.9. The highest BCUT2D eigenvalue weighted by Crippen LogP contribution is 2.40. The molecule has 1 aliphatic carbocycles. The molecule has 2 unspecified atom stereocenters. The van der Waals surface area contributed by atoms with Gasteiger partial charge in [0, 0.05) is 29.3 Å². The molecule has 0 saturated carbocycles. The van der Waals surface area contributed by atoms with E-state index >= 15 is 0 Å². The summed E-state index contributed by atoms with van der Waals surface area (Å²) < 4.78 is 4.87. The van der Waals surface area contributed by atoms with Crippen molar-refractivity contribution in [1.82, 2.24) is 15.3 Å². The molecule has 2 aromatic heterocycles. The van der Waals surface area contributed by atoms with Crippen LogP contribution in [0, 0.1) is 5.92 Å². The summed E-state index contributed by atoms with van der Waals surface area (Å²) in [5.74, 6) is 1.47. The Morgan fingerprint density at radius 1 is 1.15 bits per heavy atom. The fourth-order valence-electron chi connectivity index (χ4n) is 3.82. The normalized spacial score (nSPS) is 22.3. The van der Waals surface area contributed by atoms with Crippen molar-refractivity contribution in [2.75, 3.05) is 10.6 Å². The van der Waals surface area contributed by atoms with Gasteiger partial charge in [0.25, 0.3) is 0 Å². The van der Waals surface area contributed by atoms with Gasteiger partial charge in [0.2, 0.25) is 11.6 Å². The first-order valence-corrected chi connectivity index (χ1v) is 8.66. The fourth-order valence-corrected chi connectivity index (χ4v) is 3.82. The highest BCUT2D eigenvalue weighted by atomic mass is 16.6. The lowest BCUT2D eigenvalue weighted by Crippen LogP contribution is -2.26. The topological polar surface area (TPSA) is 92.9 Å². The van der Waals surface area contributed by atoms with Gasteiger partial charge in [-0.3, -0.25) is 9.78 Å². The lowest BCUT2D eigenvalue weighted by molar-refractivity contribution is -0.117. The number of nitrogens with one attached hydrogen (secondary N) is 2. The van der Waals surface area contributed by atoms with Crippen molar-refractivity contribution >= 4 is 28.3 Å². The van der Waals surface area contributed by atoms with Crippen LogP contribution < -0.4 is 10.6 Å². The Labute approximate surface area is 149 Å². The number of hydrogen-bond acceptors (Lipinski definition) is 7. The van der Waals surface area contributed by atoms with E-state index in [9.17, 15) is 4.79 Å². The molecular formula is C19H17N5O2. The van der Waals surface area contributed by atoms with Gasteiger partial charge >= 0.3 is 0 Å². The molecule has 7 nitrogen and oxygen atoms in total. The summed E-state index contributed by atoms with van der Waals surface area (Å²) in [5, 5.41) is 15.5. The maximum Gasteiger partial charge on any atom is 0.219 e. The number of hydrogen-bond donors (Lipinski definition) is 2. The zero-order valence-electron chi connectivity index (χ0n) is 14.2. The number of aromatic nitrogens is 3. The molecule has 1 aromatic carbocycles. The number of ketones is 1. The number of rotatable bonds is 1. The molecule has 0 fully saturated rings. The molecule has 0 saturated heterocycles. The Kier molecular flexibility index (Phi) is 3.28. The maximum absolute atomic E-state index is 12.9. The highest BCUT2D eigenvalue weighted by Gasteiger charge is 2.35. The Morgan fingerprint density at radius 2 is 2.04 bits per heavy atom. The number of pyridine rings is 1. The molecular weight excluding hydrogens is 330 g/mol. The van der Waals surface area contributed by atoms with Crippen LogP contribution in [0.2, 0.25) is 0 Å². The van der Waals surface area contributed by atoms with Crippen molar-refractivity contribution < 1.29 is 9.42 Å². The van der Waals surface area contributed by atoms with E-state index in [-0.39, 0.29) is 17.7 Å². The number of carbonyl (C=O) groups excluding carboxylic acids is 1. The minimum Gasteiger partial charge on any atom is -0.353 e. The van der Waals surface area contributed by atoms with Gasteiger partial charge in [-0.1, -0.05) is 19.1 Å². The summed E-state index contributed by atoms with van der Waals surface area (Å²) in [7, 11) is 0.